The third-order valence-electron chi connectivity index (χ3n) is 10.8. The van der Waals surface area contributed by atoms with Gasteiger partial charge in [0.2, 0.25) is 0 Å². The van der Waals surface area contributed by atoms with Gasteiger partial charge in [-0.2, -0.15) is 0 Å². The lowest BCUT2D eigenvalue weighted by atomic mass is 9.91. The highest BCUT2D eigenvalue weighted by atomic mass is 16.7. The number of Topliss-reactive ketones (excluding diaryl/α,β-unsaturated/α-hetero) is 1. The van der Waals surface area contributed by atoms with Crippen molar-refractivity contribution < 1.29 is 44.9 Å². The van der Waals surface area contributed by atoms with Gasteiger partial charge in [0, 0.05) is 0 Å². The minimum atomic E-state index is -1.62. The zero-order valence-corrected chi connectivity index (χ0v) is 33.4. The lowest BCUT2D eigenvalue weighted by Gasteiger charge is -2.40. The summed E-state index contributed by atoms with van der Waals surface area (Å²) in [5, 5.41) is 62.0. The Labute approximate surface area is 318 Å². The van der Waals surface area contributed by atoms with Gasteiger partial charge < -0.3 is 40.1 Å². The smallest absolute Gasteiger partial charge is 0.186 e. The van der Waals surface area contributed by atoms with Gasteiger partial charge in [-0.3, -0.25) is 4.79 Å². The number of unbranched alkanes of at least 4 members (excludes halogenated alkanes) is 25. The minimum Gasteiger partial charge on any atom is -0.394 e. The predicted octanol–water partition coefficient (Wildman–Crippen LogP) is 8.23. The van der Waals surface area contributed by atoms with Gasteiger partial charge in [-0.05, 0) is 19.3 Å². The van der Waals surface area contributed by atoms with Gasteiger partial charge in [-0.25, -0.2) is 0 Å². The standard InChI is InChI=1S/C43H82O9/c1-3-5-7-9-11-13-14-15-16-17-18-19-20-21-22-24-26-28-30-32-37(46)39(47)35(36(45)31-29-27-25-23-12-10-8-6-4-2)34-51-43-42(50)41(49)40(48)38(33-44)52-43/h29,31,35-38,40-46,48-50H,3-28,30,32-34H2,1-2H3/b31-29+/t35-,36+,37+,38+,40-,41-,42+,43+/m0/s1. The molecule has 308 valence electrons. The molecule has 1 fully saturated rings. The fourth-order valence-corrected chi connectivity index (χ4v) is 7.15. The molecular formula is C43H82O9. The number of hydrogen-bond acceptors (Lipinski definition) is 9. The molecule has 0 amide bonds. The summed E-state index contributed by atoms with van der Waals surface area (Å²) in [6, 6.07) is 0. The number of carbonyl (C=O) groups is 1. The molecule has 0 saturated carbocycles. The number of aliphatic hydroxyl groups excluding tert-OH is 6. The van der Waals surface area contributed by atoms with E-state index in [1.54, 1.807) is 6.08 Å². The van der Waals surface area contributed by atoms with Crippen molar-refractivity contribution in [3.05, 3.63) is 12.2 Å². The third kappa shape index (κ3) is 23.1. The van der Waals surface area contributed by atoms with Crippen LogP contribution in [0.5, 0.6) is 0 Å². The average Bonchev–Trinajstić information content (AvgIpc) is 3.14. The quantitative estimate of drug-likeness (QED) is 0.0275. The Morgan fingerprint density at radius 2 is 1.04 bits per heavy atom. The highest BCUT2D eigenvalue weighted by Gasteiger charge is 2.44. The summed E-state index contributed by atoms with van der Waals surface area (Å²) in [6.07, 6.45) is 27.1. The molecule has 0 aromatic heterocycles. The number of ether oxygens (including phenoxy) is 2. The van der Waals surface area contributed by atoms with E-state index in [0.717, 1.165) is 38.5 Å². The summed E-state index contributed by atoms with van der Waals surface area (Å²) in [5.41, 5.74) is 0. The van der Waals surface area contributed by atoms with E-state index in [1.807, 2.05) is 6.08 Å². The monoisotopic (exact) mass is 743 g/mol. The second-order valence-electron chi connectivity index (χ2n) is 15.5. The maximum atomic E-state index is 13.4. The molecule has 0 bridgehead atoms. The first-order chi connectivity index (χ1) is 25.3. The number of carbonyl (C=O) groups excluding carboxylic acids is 1. The molecule has 0 aliphatic carbocycles. The van der Waals surface area contributed by atoms with Gasteiger partial charge in [0.15, 0.2) is 12.1 Å². The maximum Gasteiger partial charge on any atom is 0.186 e. The van der Waals surface area contributed by atoms with E-state index in [4.69, 9.17) is 9.47 Å². The normalized spacial score (nSPS) is 22.6. The van der Waals surface area contributed by atoms with Gasteiger partial charge in [-0.1, -0.05) is 187 Å². The SMILES string of the molecule is CCCCCCCCC/C=C/[C@@H](O)[C@H](CO[C@@H]1O[C@H](CO)[C@H](O)[C@H](O)[C@H]1O)C(=O)[C@H](O)CCCCCCCCCCCCCCCCCCCCC. The fraction of sp³-hybridized carbons (Fsp3) is 0.930. The van der Waals surface area contributed by atoms with Crippen molar-refractivity contribution in [2.24, 2.45) is 5.92 Å². The van der Waals surface area contributed by atoms with Crippen LogP contribution in [0, 0.1) is 5.92 Å². The van der Waals surface area contributed by atoms with Crippen LogP contribution in [0.4, 0.5) is 0 Å². The number of aliphatic hydroxyl groups is 6. The summed E-state index contributed by atoms with van der Waals surface area (Å²) in [5.74, 6) is -1.66. The Hall–Kier alpha value is -0.910. The molecule has 0 aromatic carbocycles. The fourth-order valence-electron chi connectivity index (χ4n) is 7.15. The predicted molar refractivity (Wildman–Crippen MR) is 210 cm³/mol. The molecule has 1 heterocycles. The lowest BCUT2D eigenvalue weighted by molar-refractivity contribution is -0.303. The first-order valence-corrected chi connectivity index (χ1v) is 21.8. The average molecular weight is 743 g/mol. The van der Waals surface area contributed by atoms with Crippen LogP contribution >= 0.6 is 0 Å². The van der Waals surface area contributed by atoms with E-state index in [9.17, 15) is 35.4 Å². The molecule has 0 radical (unpaired) electrons. The third-order valence-corrected chi connectivity index (χ3v) is 10.8. The zero-order valence-electron chi connectivity index (χ0n) is 33.4. The van der Waals surface area contributed by atoms with E-state index < -0.39 is 61.2 Å². The Bertz CT molecular complexity index is 837. The van der Waals surface area contributed by atoms with E-state index >= 15 is 0 Å². The molecule has 9 heteroatoms. The molecule has 6 N–H and O–H groups in total. The van der Waals surface area contributed by atoms with Crippen molar-refractivity contribution in [3.63, 3.8) is 0 Å². The van der Waals surface area contributed by atoms with E-state index in [0.29, 0.717) is 12.8 Å². The molecular weight excluding hydrogens is 660 g/mol. The Balaban J connectivity index is 2.38. The molecule has 0 spiro atoms. The molecule has 1 saturated heterocycles. The van der Waals surface area contributed by atoms with Gasteiger partial charge >= 0.3 is 0 Å². The van der Waals surface area contributed by atoms with Crippen LogP contribution in [0.15, 0.2) is 12.2 Å². The van der Waals surface area contributed by atoms with Crippen LogP contribution < -0.4 is 0 Å². The largest absolute Gasteiger partial charge is 0.394 e. The van der Waals surface area contributed by atoms with Crippen LogP contribution in [0.2, 0.25) is 0 Å². The van der Waals surface area contributed by atoms with Crippen LogP contribution in [0.3, 0.4) is 0 Å². The van der Waals surface area contributed by atoms with Crippen molar-refractivity contribution >= 4 is 5.78 Å². The van der Waals surface area contributed by atoms with Crippen molar-refractivity contribution in [1.82, 2.24) is 0 Å². The minimum absolute atomic E-state index is 0.294. The molecule has 52 heavy (non-hydrogen) atoms. The molecule has 8 atom stereocenters. The van der Waals surface area contributed by atoms with Crippen LogP contribution in [-0.4, -0.2) is 92.5 Å². The second kappa shape index (κ2) is 33.4. The van der Waals surface area contributed by atoms with Crippen molar-refractivity contribution in [2.75, 3.05) is 13.2 Å². The zero-order chi connectivity index (χ0) is 38.2. The first-order valence-electron chi connectivity index (χ1n) is 21.8. The Morgan fingerprint density at radius 1 is 0.615 bits per heavy atom. The molecule has 1 rings (SSSR count). The van der Waals surface area contributed by atoms with E-state index in [2.05, 4.69) is 13.8 Å². The van der Waals surface area contributed by atoms with Gasteiger partial charge in [-0.15, -0.1) is 0 Å². The van der Waals surface area contributed by atoms with Gasteiger partial charge in [0.05, 0.1) is 25.2 Å². The van der Waals surface area contributed by atoms with Crippen molar-refractivity contribution in [3.8, 4) is 0 Å². The summed E-state index contributed by atoms with van der Waals surface area (Å²) in [6.45, 7) is 3.49. The molecule has 0 unspecified atom stereocenters. The van der Waals surface area contributed by atoms with Gasteiger partial charge in [0.25, 0.3) is 0 Å². The number of hydrogen-bond donors (Lipinski definition) is 6. The molecule has 1 aliphatic rings. The summed E-state index contributed by atoms with van der Waals surface area (Å²) >= 11 is 0. The second-order valence-corrected chi connectivity index (χ2v) is 15.5. The van der Waals surface area contributed by atoms with Crippen molar-refractivity contribution in [2.45, 2.75) is 237 Å². The molecule has 1 aliphatic heterocycles. The first kappa shape index (κ1) is 49.1. The number of ketones is 1. The summed E-state index contributed by atoms with van der Waals surface area (Å²) in [7, 11) is 0. The highest BCUT2D eigenvalue weighted by Crippen LogP contribution is 2.24. The van der Waals surface area contributed by atoms with Crippen LogP contribution in [0.25, 0.3) is 0 Å². The number of rotatable bonds is 36. The highest BCUT2D eigenvalue weighted by molar-refractivity contribution is 5.86. The van der Waals surface area contributed by atoms with Crippen LogP contribution in [0.1, 0.15) is 194 Å². The number of allylic oxidation sites excluding steroid dienone is 1. The molecule has 0 aromatic rings. The molecule has 9 nitrogen and oxygen atoms in total. The van der Waals surface area contributed by atoms with E-state index in [1.165, 1.54) is 128 Å². The Kier molecular flexibility index (Phi) is 31.6. The summed E-state index contributed by atoms with van der Waals surface area (Å²) < 4.78 is 11.1. The summed E-state index contributed by atoms with van der Waals surface area (Å²) in [4.78, 5) is 13.4. The van der Waals surface area contributed by atoms with Crippen molar-refractivity contribution in [1.29, 1.82) is 0 Å². The van der Waals surface area contributed by atoms with Crippen LogP contribution in [-0.2, 0) is 14.3 Å². The topological polar surface area (TPSA) is 157 Å². The maximum absolute atomic E-state index is 13.4. The lowest BCUT2D eigenvalue weighted by Crippen LogP contribution is -2.59. The van der Waals surface area contributed by atoms with Gasteiger partial charge in [0.1, 0.15) is 30.5 Å². The van der Waals surface area contributed by atoms with E-state index in [-0.39, 0.29) is 6.61 Å². The Morgan fingerprint density at radius 3 is 1.48 bits per heavy atom.